The van der Waals surface area contributed by atoms with Crippen LogP contribution in [0.3, 0.4) is 0 Å². The highest BCUT2D eigenvalue weighted by molar-refractivity contribution is 9.10. The Morgan fingerprint density at radius 3 is 2.80 bits per heavy atom. The Morgan fingerprint density at radius 2 is 2.13 bits per heavy atom. The molecule has 2 nitrogen and oxygen atoms in total. The number of alkyl halides is 1. The smallest absolute Gasteiger partial charge is 0.0670 e. The molecule has 0 unspecified atom stereocenters. The molecule has 0 N–H and O–H groups in total. The molecule has 1 aromatic carbocycles. The number of halogens is 2. The molecule has 15 heavy (non-hydrogen) atoms. The van der Waals surface area contributed by atoms with Crippen LogP contribution in [0.2, 0.25) is 0 Å². The van der Waals surface area contributed by atoms with E-state index < -0.39 is 0 Å². The highest BCUT2D eigenvalue weighted by atomic mass is 79.9. The van der Waals surface area contributed by atoms with E-state index in [2.05, 4.69) is 27.1 Å². The minimum atomic E-state index is 0.510. The van der Waals surface area contributed by atoms with Gasteiger partial charge in [0.15, 0.2) is 0 Å². The molecule has 0 bridgehead atoms. The van der Waals surface area contributed by atoms with Crippen LogP contribution < -0.4 is 0 Å². The molecule has 1 heterocycles. The van der Waals surface area contributed by atoms with Crippen molar-refractivity contribution < 1.29 is 0 Å². The summed E-state index contributed by atoms with van der Waals surface area (Å²) in [5.41, 5.74) is 2.26. The van der Waals surface area contributed by atoms with E-state index in [1.165, 1.54) is 5.56 Å². The van der Waals surface area contributed by atoms with E-state index in [9.17, 15) is 0 Å². The average molecular weight is 286 g/mol. The Kier molecular flexibility index (Phi) is 3.44. The van der Waals surface area contributed by atoms with Crippen LogP contribution in [-0.2, 0) is 12.4 Å². The molecule has 2 aromatic rings. The molecule has 78 valence electrons. The van der Waals surface area contributed by atoms with Gasteiger partial charge in [0, 0.05) is 16.2 Å². The van der Waals surface area contributed by atoms with Crippen molar-refractivity contribution in [3.63, 3.8) is 0 Å². The highest BCUT2D eigenvalue weighted by Gasteiger charge is 2.01. The van der Waals surface area contributed by atoms with E-state index in [1.54, 1.807) is 6.20 Å². The van der Waals surface area contributed by atoms with Gasteiger partial charge in [-0.2, -0.15) is 5.10 Å². The second kappa shape index (κ2) is 4.81. The van der Waals surface area contributed by atoms with Gasteiger partial charge in [0.25, 0.3) is 0 Å². The summed E-state index contributed by atoms with van der Waals surface area (Å²) < 4.78 is 2.99. The second-order valence-electron chi connectivity index (χ2n) is 3.27. The molecule has 0 aliphatic carbocycles. The van der Waals surface area contributed by atoms with Crippen LogP contribution in [0.5, 0.6) is 0 Å². The third-order valence-corrected chi connectivity index (χ3v) is 3.21. The number of aromatic nitrogens is 2. The molecule has 0 atom stereocenters. The first kappa shape index (κ1) is 10.7. The SMILES string of the molecule is ClCc1cnn(Cc2ccccc2Br)c1. The zero-order valence-corrected chi connectivity index (χ0v) is 10.4. The summed E-state index contributed by atoms with van der Waals surface area (Å²) in [7, 11) is 0. The van der Waals surface area contributed by atoms with Crippen molar-refractivity contribution in [2.75, 3.05) is 0 Å². The maximum Gasteiger partial charge on any atom is 0.0670 e. The fourth-order valence-corrected chi connectivity index (χ4v) is 1.91. The fourth-order valence-electron chi connectivity index (χ4n) is 1.36. The van der Waals surface area contributed by atoms with Crippen molar-refractivity contribution in [1.29, 1.82) is 0 Å². The number of benzene rings is 1. The van der Waals surface area contributed by atoms with Crippen molar-refractivity contribution in [3.8, 4) is 0 Å². The first-order valence-corrected chi connectivity index (χ1v) is 5.93. The van der Waals surface area contributed by atoms with E-state index in [-0.39, 0.29) is 0 Å². The molecule has 0 fully saturated rings. The molecule has 2 rings (SSSR count). The van der Waals surface area contributed by atoms with E-state index in [4.69, 9.17) is 11.6 Å². The van der Waals surface area contributed by atoms with Crippen LogP contribution in [0.25, 0.3) is 0 Å². The molecule has 1 aromatic heterocycles. The molecule has 0 radical (unpaired) electrons. The Morgan fingerprint density at radius 1 is 1.33 bits per heavy atom. The Labute approximate surface area is 102 Å². The molecule has 0 spiro atoms. The Hall–Kier alpha value is -0.800. The van der Waals surface area contributed by atoms with Gasteiger partial charge in [0.1, 0.15) is 0 Å². The lowest BCUT2D eigenvalue weighted by atomic mass is 10.2. The van der Waals surface area contributed by atoms with Crippen molar-refractivity contribution in [1.82, 2.24) is 9.78 Å². The summed E-state index contributed by atoms with van der Waals surface area (Å²) in [6.07, 6.45) is 3.76. The monoisotopic (exact) mass is 284 g/mol. The van der Waals surface area contributed by atoms with Crippen LogP contribution in [0.4, 0.5) is 0 Å². The summed E-state index contributed by atoms with van der Waals surface area (Å²) in [4.78, 5) is 0. The zero-order valence-electron chi connectivity index (χ0n) is 8.03. The third-order valence-electron chi connectivity index (χ3n) is 2.13. The minimum Gasteiger partial charge on any atom is -0.268 e. The largest absolute Gasteiger partial charge is 0.268 e. The van der Waals surface area contributed by atoms with Gasteiger partial charge in [0.05, 0.1) is 18.6 Å². The highest BCUT2D eigenvalue weighted by Crippen LogP contribution is 2.17. The summed E-state index contributed by atoms with van der Waals surface area (Å²) in [6, 6.07) is 8.13. The molecule has 0 aliphatic rings. The van der Waals surface area contributed by atoms with Gasteiger partial charge in [-0.1, -0.05) is 34.1 Å². The van der Waals surface area contributed by atoms with Crippen LogP contribution in [0, 0.1) is 0 Å². The number of rotatable bonds is 3. The van der Waals surface area contributed by atoms with Crippen molar-refractivity contribution in [2.45, 2.75) is 12.4 Å². The molecule has 0 saturated heterocycles. The number of nitrogens with zero attached hydrogens (tertiary/aromatic N) is 2. The van der Waals surface area contributed by atoms with E-state index >= 15 is 0 Å². The lowest BCUT2D eigenvalue weighted by Crippen LogP contribution is -2.00. The Bertz CT molecular complexity index is 453. The Balaban J connectivity index is 2.18. The quantitative estimate of drug-likeness (QED) is 0.790. The van der Waals surface area contributed by atoms with Gasteiger partial charge in [-0.25, -0.2) is 0 Å². The zero-order chi connectivity index (χ0) is 10.7. The van der Waals surface area contributed by atoms with Gasteiger partial charge in [-0.05, 0) is 11.6 Å². The van der Waals surface area contributed by atoms with Crippen molar-refractivity contribution in [2.24, 2.45) is 0 Å². The molecule has 4 heteroatoms. The van der Waals surface area contributed by atoms with Crippen LogP contribution in [0.15, 0.2) is 41.1 Å². The predicted molar refractivity (Wildman–Crippen MR) is 65.0 cm³/mol. The lowest BCUT2D eigenvalue weighted by molar-refractivity contribution is 0.684. The lowest BCUT2D eigenvalue weighted by Gasteiger charge is -2.03. The summed E-state index contributed by atoms with van der Waals surface area (Å²) in [5, 5.41) is 4.23. The third kappa shape index (κ3) is 2.61. The topological polar surface area (TPSA) is 17.8 Å². The maximum absolute atomic E-state index is 5.71. The van der Waals surface area contributed by atoms with Gasteiger partial charge >= 0.3 is 0 Å². The second-order valence-corrected chi connectivity index (χ2v) is 4.39. The summed E-state index contributed by atoms with van der Waals surface area (Å²) in [5.74, 6) is 0.510. The first-order chi connectivity index (χ1) is 7.29. The maximum atomic E-state index is 5.71. The summed E-state index contributed by atoms with van der Waals surface area (Å²) >= 11 is 9.22. The van der Waals surface area contributed by atoms with Crippen LogP contribution in [-0.4, -0.2) is 9.78 Å². The standard InChI is InChI=1S/C11H10BrClN2/c12-11-4-2-1-3-10(11)8-15-7-9(5-13)6-14-15/h1-4,6-7H,5,8H2. The molecular formula is C11H10BrClN2. The van der Waals surface area contributed by atoms with E-state index in [0.29, 0.717) is 5.88 Å². The van der Waals surface area contributed by atoms with Gasteiger partial charge in [-0.15, -0.1) is 11.6 Å². The van der Waals surface area contributed by atoms with E-state index in [0.717, 1.165) is 16.6 Å². The van der Waals surface area contributed by atoms with Gasteiger partial charge in [-0.3, -0.25) is 4.68 Å². The van der Waals surface area contributed by atoms with Gasteiger partial charge < -0.3 is 0 Å². The molecule has 0 amide bonds. The number of hydrogen-bond donors (Lipinski definition) is 0. The number of hydrogen-bond acceptors (Lipinski definition) is 1. The van der Waals surface area contributed by atoms with Gasteiger partial charge in [0.2, 0.25) is 0 Å². The minimum absolute atomic E-state index is 0.510. The fraction of sp³-hybridized carbons (Fsp3) is 0.182. The van der Waals surface area contributed by atoms with Crippen LogP contribution >= 0.6 is 27.5 Å². The van der Waals surface area contributed by atoms with Crippen LogP contribution in [0.1, 0.15) is 11.1 Å². The molecule has 0 aliphatic heterocycles. The molecular weight excluding hydrogens is 275 g/mol. The van der Waals surface area contributed by atoms with E-state index in [1.807, 2.05) is 29.1 Å². The van der Waals surface area contributed by atoms with Crippen molar-refractivity contribution in [3.05, 3.63) is 52.3 Å². The predicted octanol–water partition coefficient (Wildman–Crippen LogP) is 3.43. The average Bonchev–Trinajstić information content (AvgIpc) is 2.69. The normalized spacial score (nSPS) is 10.5. The first-order valence-electron chi connectivity index (χ1n) is 4.60. The van der Waals surface area contributed by atoms with Crippen molar-refractivity contribution >= 4 is 27.5 Å². The molecule has 0 saturated carbocycles. The summed E-state index contributed by atoms with van der Waals surface area (Å²) in [6.45, 7) is 0.762.